The van der Waals surface area contributed by atoms with E-state index in [1.807, 2.05) is 13.0 Å². The lowest BCUT2D eigenvalue weighted by Gasteiger charge is -2.22. The maximum atomic E-state index is 6.28. The number of benzene rings is 1. The topological polar surface area (TPSA) is 64.1 Å². The van der Waals surface area contributed by atoms with Crippen molar-refractivity contribution < 1.29 is 0 Å². The molecule has 1 atom stereocenters. The summed E-state index contributed by atoms with van der Waals surface area (Å²) < 4.78 is 0. The number of rotatable bonds is 8. The Morgan fingerprint density at radius 2 is 1.90 bits per heavy atom. The van der Waals surface area contributed by atoms with Crippen LogP contribution in [0, 0.1) is 0 Å². The molecule has 1 rings (SSSR count). The van der Waals surface area contributed by atoms with Crippen LogP contribution in [0.15, 0.2) is 53.4 Å². The lowest BCUT2D eigenvalue weighted by atomic mass is 9.98. The van der Waals surface area contributed by atoms with Crippen LogP contribution in [0.4, 0.5) is 0 Å². The fraction of sp³-hybridized carbons (Fsp3) is 0.444. The fourth-order valence-electron chi connectivity index (χ4n) is 2.43. The Labute approximate surface area is 129 Å². The fourth-order valence-corrected chi connectivity index (χ4v) is 2.43. The highest BCUT2D eigenvalue weighted by molar-refractivity contribution is 5.35. The Morgan fingerprint density at radius 3 is 2.43 bits per heavy atom. The zero-order valence-electron chi connectivity index (χ0n) is 13.5. The lowest BCUT2D eigenvalue weighted by Crippen LogP contribution is -2.33. The second-order valence-corrected chi connectivity index (χ2v) is 5.27. The highest BCUT2D eigenvalue weighted by Crippen LogP contribution is 2.19. The Balaban J connectivity index is 2.81. The summed E-state index contributed by atoms with van der Waals surface area (Å²) in [7, 11) is 0. The van der Waals surface area contributed by atoms with Crippen molar-refractivity contribution in [3.63, 3.8) is 0 Å². The predicted molar refractivity (Wildman–Crippen MR) is 91.7 cm³/mol. The summed E-state index contributed by atoms with van der Waals surface area (Å²) in [5.41, 5.74) is 16.8. The smallest absolute Gasteiger partial charge is 0.0444 e. The molecule has 3 nitrogen and oxygen atoms in total. The van der Waals surface area contributed by atoms with Gasteiger partial charge in [-0.25, -0.2) is 0 Å². The summed E-state index contributed by atoms with van der Waals surface area (Å²) in [6.07, 6.45) is 4.50. The van der Waals surface area contributed by atoms with Crippen molar-refractivity contribution in [1.82, 2.24) is 5.32 Å². The molecule has 0 aliphatic heterocycles. The minimum Gasteiger partial charge on any atom is -0.404 e. The van der Waals surface area contributed by atoms with Gasteiger partial charge in [0.05, 0.1) is 0 Å². The molecule has 0 bridgehead atoms. The average molecular weight is 287 g/mol. The first-order valence-electron chi connectivity index (χ1n) is 7.79. The number of nitrogens with one attached hydrogen (secondary N) is 1. The van der Waals surface area contributed by atoms with Crippen LogP contribution in [0.1, 0.15) is 39.2 Å². The van der Waals surface area contributed by atoms with Gasteiger partial charge in [0, 0.05) is 18.3 Å². The van der Waals surface area contributed by atoms with Crippen LogP contribution in [0.2, 0.25) is 0 Å². The van der Waals surface area contributed by atoms with Crippen molar-refractivity contribution in [3.05, 3.63) is 58.9 Å². The van der Waals surface area contributed by atoms with E-state index in [-0.39, 0.29) is 6.04 Å². The third-order valence-electron chi connectivity index (χ3n) is 3.79. The molecule has 0 spiro atoms. The number of hydrogen-bond donors (Lipinski definition) is 3. The minimum atomic E-state index is 0.0330. The van der Waals surface area contributed by atoms with Gasteiger partial charge in [-0.1, -0.05) is 44.2 Å². The first-order valence-corrected chi connectivity index (χ1v) is 7.79. The van der Waals surface area contributed by atoms with E-state index < -0.39 is 0 Å². The standard InChI is InChI=1S/C18H29N3/c1-4-16(14(3)13-19)18(17(20)5-2)21-12-11-15-9-7-6-8-10-15/h6-10,13,17,21H,4-5,11-12,19-20H2,1-3H3/b14-13-,18-16+. The van der Waals surface area contributed by atoms with Crippen molar-refractivity contribution in [2.24, 2.45) is 11.5 Å². The van der Waals surface area contributed by atoms with Gasteiger partial charge in [-0.3, -0.25) is 0 Å². The monoisotopic (exact) mass is 287 g/mol. The van der Waals surface area contributed by atoms with Crippen LogP contribution in [0.5, 0.6) is 0 Å². The summed E-state index contributed by atoms with van der Waals surface area (Å²) in [6.45, 7) is 7.18. The molecule has 1 aromatic carbocycles. The van der Waals surface area contributed by atoms with Gasteiger partial charge in [0.2, 0.25) is 0 Å². The Morgan fingerprint density at radius 1 is 1.24 bits per heavy atom. The maximum Gasteiger partial charge on any atom is 0.0444 e. The van der Waals surface area contributed by atoms with Crippen molar-refractivity contribution in [2.45, 2.75) is 46.1 Å². The number of allylic oxidation sites excluding steroid dienone is 2. The molecule has 0 saturated heterocycles. The highest BCUT2D eigenvalue weighted by atomic mass is 14.9. The summed E-state index contributed by atoms with van der Waals surface area (Å²) in [5, 5.41) is 3.54. The zero-order valence-corrected chi connectivity index (χ0v) is 13.5. The van der Waals surface area contributed by atoms with E-state index in [0.29, 0.717) is 0 Å². The largest absolute Gasteiger partial charge is 0.404 e. The summed E-state index contributed by atoms with van der Waals surface area (Å²) >= 11 is 0. The van der Waals surface area contributed by atoms with Crippen LogP contribution in [0.3, 0.4) is 0 Å². The molecular formula is C18H29N3. The molecule has 1 unspecified atom stereocenters. The molecule has 0 heterocycles. The second kappa shape index (κ2) is 9.24. The van der Waals surface area contributed by atoms with E-state index in [1.165, 1.54) is 11.1 Å². The molecule has 0 amide bonds. The second-order valence-electron chi connectivity index (χ2n) is 5.27. The highest BCUT2D eigenvalue weighted by Gasteiger charge is 2.13. The number of nitrogens with two attached hydrogens (primary N) is 2. The minimum absolute atomic E-state index is 0.0330. The van der Waals surface area contributed by atoms with Gasteiger partial charge in [0.1, 0.15) is 0 Å². The number of hydrogen-bond acceptors (Lipinski definition) is 3. The molecule has 0 radical (unpaired) electrons. The molecule has 0 aliphatic rings. The molecule has 0 fully saturated rings. The van der Waals surface area contributed by atoms with Gasteiger partial charge < -0.3 is 16.8 Å². The van der Waals surface area contributed by atoms with E-state index in [4.69, 9.17) is 11.5 Å². The quantitative estimate of drug-likeness (QED) is 0.644. The van der Waals surface area contributed by atoms with Crippen LogP contribution in [-0.2, 0) is 6.42 Å². The lowest BCUT2D eigenvalue weighted by molar-refractivity contribution is 0.637. The normalized spacial score (nSPS) is 14.6. The van der Waals surface area contributed by atoms with Crippen LogP contribution in [0.25, 0.3) is 0 Å². The van der Waals surface area contributed by atoms with Gasteiger partial charge in [-0.05, 0) is 49.1 Å². The van der Waals surface area contributed by atoms with E-state index in [2.05, 4.69) is 43.4 Å². The van der Waals surface area contributed by atoms with Crippen molar-refractivity contribution in [2.75, 3.05) is 6.54 Å². The average Bonchev–Trinajstić information content (AvgIpc) is 2.54. The van der Waals surface area contributed by atoms with Gasteiger partial charge >= 0.3 is 0 Å². The molecule has 1 aromatic rings. The molecular weight excluding hydrogens is 258 g/mol. The van der Waals surface area contributed by atoms with Crippen molar-refractivity contribution >= 4 is 0 Å². The van der Waals surface area contributed by atoms with Crippen LogP contribution >= 0.6 is 0 Å². The van der Waals surface area contributed by atoms with Gasteiger partial charge in [-0.2, -0.15) is 0 Å². The molecule has 3 heteroatoms. The molecule has 0 aliphatic carbocycles. The first-order chi connectivity index (χ1) is 10.1. The maximum absolute atomic E-state index is 6.28. The summed E-state index contributed by atoms with van der Waals surface area (Å²) in [6, 6.07) is 10.5. The Hall–Kier alpha value is -1.74. The zero-order chi connectivity index (χ0) is 15.7. The van der Waals surface area contributed by atoms with Crippen LogP contribution in [-0.4, -0.2) is 12.6 Å². The Bertz CT molecular complexity index is 474. The SMILES string of the molecule is CCC(/C(C)=C\N)=C(\NCCc1ccccc1)C(N)CC. The van der Waals surface area contributed by atoms with E-state index >= 15 is 0 Å². The van der Waals surface area contributed by atoms with E-state index in [9.17, 15) is 0 Å². The third-order valence-corrected chi connectivity index (χ3v) is 3.79. The molecule has 0 aromatic heterocycles. The molecule has 116 valence electrons. The Kier molecular flexibility index (Phi) is 7.62. The van der Waals surface area contributed by atoms with E-state index in [1.54, 1.807) is 6.20 Å². The first kappa shape index (κ1) is 17.3. The third kappa shape index (κ3) is 5.27. The molecule has 5 N–H and O–H groups in total. The predicted octanol–water partition coefficient (Wildman–Crippen LogP) is 3.08. The molecule has 21 heavy (non-hydrogen) atoms. The van der Waals surface area contributed by atoms with Gasteiger partial charge in [0.15, 0.2) is 0 Å². The van der Waals surface area contributed by atoms with Gasteiger partial charge in [0.25, 0.3) is 0 Å². The van der Waals surface area contributed by atoms with Crippen molar-refractivity contribution in [1.29, 1.82) is 0 Å². The summed E-state index contributed by atoms with van der Waals surface area (Å²) in [5.74, 6) is 0. The van der Waals surface area contributed by atoms with Crippen molar-refractivity contribution in [3.8, 4) is 0 Å². The van der Waals surface area contributed by atoms with Crippen LogP contribution < -0.4 is 16.8 Å². The summed E-state index contributed by atoms with van der Waals surface area (Å²) in [4.78, 5) is 0. The van der Waals surface area contributed by atoms with E-state index in [0.717, 1.165) is 37.1 Å². The van der Waals surface area contributed by atoms with Gasteiger partial charge in [-0.15, -0.1) is 0 Å². The molecule has 0 saturated carbocycles.